The second-order valence-electron chi connectivity index (χ2n) is 3.35. The zero-order valence-electron chi connectivity index (χ0n) is 8.17. The zero-order chi connectivity index (χ0) is 10.8. The van der Waals surface area contributed by atoms with Crippen LogP contribution < -0.4 is 0 Å². The molecule has 0 unspecified atom stereocenters. The number of aryl methyl sites for hydroxylation is 1. The largest absolute Gasteiger partial charge is 0.263 e. The SMILES string of the molecule is Cc1cc(F)ccc1-c1cncc(Br)c1. The molecule has 0 saturated carbocycles. The van der Waals surface area contributed by atoms with Crippen LogP contribution in [0, 0.1) is 12.7 Å². The van der Waals surface area contributed by atoms with Crippen LogP contribution in [0.15, 0.2) is 41.1 Å². The van der Waals surface area contributed by atoms with Crippen LogP contribution >= 0.6 is 15.9 Å². The van der Waals surface area contributed by atoms with Crippen LogP contribution in [0.4, 0.5) is 4.39 Å². The van der Waals surface area contributed by atoms with E-state index >= 15 is 0 Å². The molecule has 0 fully saturated rings. The minimum absolute atomic E-state index is 0.209. The number of hydrogen-bond donors (Lipinski definition) is 0. The summed E-state index contributed by atoms with van der Waals surface area (Å²) < 4.78 is 13.8. The lowest BCUT2D eigenvalue weighted by Crippen LogP contribution is -1.86. The Morgan fingerprint density at radius 2 is 2.00 bits per heavy atom. The molecule has 0 atom stereocenters. The average molecular weight is 266 g/mol. The summed E-state index contributed by atoms with van der Waals surface area (Å²) in [6, 6.07) is 6.72. The maximum Gasteiger partial charge on any atom is 0.123 e. The Labute approximate surface area is 96.1 Å². The van der Waals surface area contributed by atoms with E-state index in [9.17, 15) is 4.39 Å². The Hall–Kier alpha value is -1.22. The van der Waals surface area contributed by atoms with Crippen molar-refractivity contribution in [2.75, 3.05) is 0 Å². The number of halogens is 2. The summed E-state index contributed by atoms with van der Waals surface area (Å²) >= 11 is 3.36. The van der Waals surface area contributed by atoms with Gasteiger partial charge in [0, 0.05) is 22.4 Å². The van der Waals surface area contributed by atoms with Crippen LogP contribution in [0.5, 0.6) is 0 Å². The molecule has 1 heterocycles. The molecule has 0 saturated heterocycles. The van der Waals surface area contributed by atoms with Crippen molar-refractivity contribution in [3.63, 3.8) is 0 Å². The molecular formula is C12H9BrFN. The average Bonchev–Trinajstić information content (AvgIpc) is 2.17. The summed E-state index contributed by atoms with van der Waals surface area (Å²) in [4.78, 5) is 4.08. The second kappa shape index (κ2) is 4.11. The van der Waals surface area contributed by atoms with E-state index in [4.69, 9.17) is 0 Å². The van der Waals surface area contributed by atoms with Crippen molar-refractivity contribution in [1.82, 2.24) is 4.98 Å². The molecule has 2 aromatic rings. The fourth-order valence-corrected chi connectivity index (χ4v) is 1.87. The Balaban J connectivity index is 2.54. The van der Waals surface area contributed by atoms with Crippen LogP contribution in [0.2, 0.25) is 0 Å². The topological polar surface area (TPSA) is 12.9 Å². The van der Waals surface area contributed by atoms with E-state index in [0.29, 0.717) is 0 Å². The van der Waals surface area contributed by atoms with Gasteiger partial charge in [0.2, 0.25) is 0 Å². The van der Waals surface area contributed by atoms with E-state index < -0.39 is 0 Å². The lowest BCUT2D eigenvalue weighted by molar-refractivity contribution is 0.627. The molecular weight excluding hydrogens is 257 g/mol. The number of nitrogens with zero attached hydrogens (tertiary/aromatic N) is 1. The molecule has 0 aliphatic carbocycles. The highest BCUT2D eigenvalue weighted by atomic mass is 79.9. The van der Waals surface area contributed by atoms with Gasteiger partial charge in [0.15, 0.2) is 0 Å². The minimum atomic E-state index is -0.209. The summed E-state index contributed by atoms with van der Waals surface area (Å²) in [5, 5.41) is 0. The van der Waals surface area contributed by atoms with E-state index in [2.05, 4.69) is 20.9 Å². The number of aromatic nitrogens is 1. The van der Waals surface area contributed by atoms with Gasteiger partial charge in [-0.1, -0.05) is 6.07 Å². The third kappa shape index (κ3) is 2.23. The fourth-order valence-electron chi connectivity index (χ4n) is 1.51. The molecule has 0 radical (unpaired) electrons. The Kier molecular flexibility index (Phi) is 2.82. The van der Waals surface area contributed by atoms with Gasteiger partial charge in [-0.2, -0.15) is 0 Å². The molecule has 0 bridgehead atoms. The predicted octanol–water partition coefficient (Wildman–Crippen LogP) is 3.96. The predicted molar refractivity (Wildman–Crippen MR) is 62.1 cm³/mol. The monoisotopic (exact) mass is 265 g/mol. The summed E-state index contributed by atoms with van der Waals surface area (Å²) in [5.41, 5.74) is 2.90. The van der Waals surface area contributed by atoms with Crippen molar-refractivity contribution in [3.8, 4) is 11.1 Å². The highest BCUT2D eigenvalue weighted by Crippen LogP contribution is 2.25. The van der Waals surface area contributed by atoms with Crippen LogP contribution in [0.1, 0.15) is 5.56 Å². The highest BCUT2D eigenvalue weighted by molar-refractivity contribution is 9.10. The molecule has 3 heteroatoms. The molecule has 15 heavy (non-hydrogen) atoms. The first-order valence-electron chi connectivity index (χ1n) is 4.54. The smallest absolute Gasteiger partial charge is 0.123 e. The Bertz CT molecular complexity index is 497. The second-order valence-corrected chi connectivity index (χ2v) is 4.27. The van der Waals surface area contributed by atoms with Gasteiger partial charge >= 0.3 is 0 Å². The van der Waals surface area contributed by atoms with Gasteiger partial charge < -0.3 is 0 Å². The van der Waals surface area contributed by atoms with Crippen LogP contribution in [0.25, 0.3) is 11.1 Å². The zero-order valence-corrected chi connectivity index (χ0v) is 9.75. The molecule has 1 nitrogen and oxygen atoms in total. The van der Waals surface area contributed by atoms with Gasteiger partial charge in [-0.25, -0.2) is 4.39 Å². The van der Waals surface area contributed by atoms with Crippen molar-refractivity contribution >= 4 is 15.9 Å². The lowest BCUT2D eigenvalue weighted by Gasteiger charge is -2.05. The summed E-state index contributed by atoms with van der Waals surface area (Å²) in [6.07, 6.45) is 3.49. The van der Waals surface area contributed by atoms with Crippen LogP contribution in [-0.4, -0.2) is 4.98 Å². The molecule has 0 N–H and O–H groups in total. The molecule has 1 aromatic carbocycles. The van der Waals surface area contributed by atoms with Crippen molar-refractivity contribution in [1.29, 1.82) is 0 Å². The minimum Gasteiger partial charge on any atom is -0.263 e. The highest BCUT2D eigenvalue weighted by Gasteiger charge is 2.03. The van der Waals surface area contributed by atoms with Crippen molar-refractivity contribution in [2.24, 2.45) is 0 Å². The number of hydrogen-bond acceptors (Lipinski definition) is 1. The van der Waals surface area contributed by atoms with E-state index in [1.165, 1.54) is 12.1 Å². The molecule has 0 aliphatic rings. The first kappa shape index (κ1) is 10.3. The first-order valence-corrected chi connectivity index (χ1v) is 5.33. The third-order valence-corrected chi connectivity index (χ3v) is 2.64. The van der Waals surface area contributed by atoms with E-state index in [1.54, 1.807) is 18.5 Å². The maximum atomic E-state index is 12.9. The van der Waals surface area contributed by atoms with E-state index in [-0.39, 0.29) is 5.82 Å². The van der Waals surface area contributed by atoms with Gasteiger partial charge in [-0.15, -0.1) is 0 Å². The molecule has 2 rings (SSSR count). The standard InChI is InChI=1S/C12H9BrFN/c1-8-4-11(14)2-3-12(8)9-5-10(13)7-15-6-9/h2-7H,1H3. The quantitative estimate of drug-likeness (QED) is 0.761. The molecule has 76 valence electrons. The van der Waals surface area contributed by atoms with Crippen LogP contribution in [-0.2, 0) is 0 Å². The number of benzene rings is 1. The summed E-state index contributed by atoms with van der Waals surface area (Å²) in [7, 11) is 0. The van der Waals surface area contributed by atoms with Gasteiger partial charge in [0.05, 0.1) is 0 Å². The molecule has 0 amide bonds. The van der Waals surface area contributed by atoms with Gasteiger partial charge in [-0.05, 0) is 52.2 Å². The Morgan fingerprint density at radius 3 is 2.67 bits per heavy atom. The summed E-state index contributed by atoms with van der Waals surface area (Å²) in [5.74, 6) is -0.209. The van der Waals surface area contributed by atoms with Gasteiger partial charge in [0.25, 0.3) is 0 Å². The third-order valence-electron chi connectivity index (χ3n) is 2.20. The van der Waals surface area contributed by atoms with Gasteiger partial charge in [0.1, 0.15) is 5.82 Å². The first-order chi connectivity index (χ1) is 7.16. The van der Waals surface area contributed by atoms with Crippen molar-refractivity contribution in [2.45, 2.75) is 6.92 Å². The van der Waals surface area contributed by atoms with Crippen LogP contribution in [0.3, 0.4) is 0 Å². The normalized spacial score (nSPS) is 10.3. The van der Waals surface area contributed by atoms with Gasteiger partial charge in [-0.3, -0.25) is 4.98 Å². The number of pyridine rings is 1. The summed E-state index contributed by atoms with van der Waals surface area (Å²) in [6.45, 7) is 1.89. The Morgan fingerprint density at radius 1 is 1.20 bits per heavy atom. The van der Waals surface area contributed by atoms with E-state index in [1.807, 2.05) is 13.0 Å². The van der Waals surface area contributed by atoms with E-state index in [0.717, 1.165) is 21.2 Å². The fraction of sp³-hybridized carbons (Fsp3) is 0.0833. The lowest BCUT2D eigenvalue weighted by atomic mass is 10.0. The van der Waals surface area contributed by atoms with Crippen molar-refractivity contribution < 1.29 is 4.39 Å². The molecule has 0 aliphatic heterocycles. The number of rotatable bonds is 1. The molecule has 0 spiro atoms. The van der Waals surface area contributed by atoms with Crippen molar-refractivity contribution in [3.05, 3.63) is 52.5 Å². The molecule has 1 aromatic heterocycles. The maximum absolute atomic E-state index is 12.9.